The Bertz CT molecular complexity index is 955. The second-order valence-electron chi connectivity index (χ2n) is 8.05. The molecule has 1 saturated heterocycles. The highest BCUT2D eigenvalue weighted by Crippen LogP contribution is 2.31. The van der Waals surface area contributed by atoms with Crippen LogP contribution < -0.4 is 14.2 Å². The van der Waals surface area contributed by atoms with Gasteiger partial charge in [-0.15, -0.1) is 0 Å². The first kappa shape index (κ1) is 21.3. The molecule has 2 aliphatic rings. The molecule has 2 aromatic rings. The zero-order valence-corrected chi connectivity index (χ0v) is 18.3. The fourth-order valence-corrected chi connectivity index (χ4v) is 3.82. The third-order valence-corrected chi connectivity index (χ3v) is 5.62. The van der Waals surface area contributed by atoms with Gasteiger partial charge in [0.15, 0.2) is 17.1 Å². The Kier molecular flexibility index (Phi) is 5.96. The van der Waals surface area contributed by atoms with Crippen molar-refractivity contribution in [3.05, 3.63) is 53.6 Å². The molecule has 4 rings (SSSR count). The van der Waals surface area contributed by atoms with E-state index in [-0.39, 0.29) is 18.4 Å². The average Bonchev–Trinajstić information content (AvgIpc) is 2.79. The van der Waals surface area contributed by atoms with Gasteiger partial charge in [-0.1, -0.05) is 23.7 Å². The molecule has 2 aromatic carbocycles. The normalized spacial score (nSPS) is 18.5. The van der Waals surface area contributed by atoms with Crippen LogP contribution in [0.4, 0.5) is 0 Å². The van der Waals surface area contributed by atoms with E-state index in [0.717, 1.165) is 0 Å². The lowest BCUT2D eigenvalue weighted by Gasteiger charge is -2.39. The van der Waals surface area contributed by atoms with Gasteiger partial charge in [0.05, 0.1) is 0 Å². The van der Waals surface area contributed by atoms with Crippen molar-refractivity contribution in [1.82, 2.24) is 9.80 Å². The molecular formula is C23H25ClN2O5. The number of carbonyl (C=O) groups excluding carboxylic acids is 2. The van der Waals surface area contributed by atoms with Crippen LogP contribution in [0.5, 0.6) is 17.2 Å². The summed E-state index contributed by atoms with van der Waals surface area (Å²) in [5.41, 5.74) is -1.04. The molecule has 0 spiro atoms. The average molecular weight is 445 g/mol. The first-order valence-corrected chi connectivity index (χ1v) is 10.6. The molecule has 0 N–H and O–H groups in total. The van der Waals surface area contributed by atoms with Gasteiger partial charge < -0.3 is 24.0 Å². The number of piperazine rings is 1. The Morgan fingerprint density at radius 2 is 1.58 bits per heavy atom. The van der Waals surface area contributed by atoms with E-state index in [1.54, 1.807) is 54.0 Å². The molecule has 1 atom stereocenters. The van der Waals surface area contributed by atoms with Crippen LogP contribution in [0.3, 0.4) is 0 Å². The van der Waals surface area contributed by atoms with Crippen LogP contribution in [-0.2, 0) is 9.59 Å². The number of hydrogen-bond donors (Lipinski definition) is 0. The number of halogens is 1. The highest BCUT2D eigenvalue weighted by molar-refractivity contribution is 6.30. The highest BCUT2D eigenvalue weighted by Gasteiger charge is 2.38. The van der Waals surface area contributed by atoms with E-state index in [1.165, 1.54) is 0 Å². The molecule has 164 valence electrons. The second-order valence-corrected chi connectivity index (χ2v) is 8.48. The van der Waals surface area contributed by atoms with Crippen LogP contribution in [0.15, 0.2) is 48.5 Å². The van der Waals surface area contributed by atoms with Crippen LogP contribution in [0, 0.1) is 0 Å². The number of ether oxygens (including phenoxy) is 3. The molecule has 0 aliphatic carbocycles. The van der Waals surface area contributed by atoms with Crippen molar-refractivity contribution >= 4 is 23.4 Å². The van der Waals surface area contributed by atoms with Crippen LogP contribution in [0.25, 0.3) is 0 Å². The summed E-state index contributed by atoms with van der Waals surface area (Å²) in [4.78, 5) is 29.4. The van der Waals surface area contributed by atoms with Gasteiger partial charge in [0.2, 0.25) is 6.10 Å². The number of rotatable bonds is 4. The number of para-hydroxylation sites is 2. The number of nitrogens with zero attached hydrogens (tertiary/aromatic N) is 2. The minimum atomic E-state index is -1.04. The predicted molar refractivity (Wildman–Crippen MR) is 116 cm³/mol. The largest absolute Gasteiger partial charge is 0.485 e. The van der Waals surface area contributed by atoms with E-state index < -0.39 is 11.7 Å². The van der Waals surface area contributed by atoms with E-state index in [9.17, 15) is 9.59 Å². The first-order chi connectivity index (χ1) is 14.8. The molecule has 1 unspecified atom stereocenters. The zero-order chi connectivity index (χ0) is 22.0. The van der Waals surface area contributed by atoms with Crippen LogP contribution in [0.2, 0.25) is 5.02 Å². The minimum absolute atomic E-state index is 0.124. The smallest absolute Gasteiger partial charge is 0.267 e. The molecule has 8 heteroatoms. The van der Waals surface area contributed by atoms with Crippen molar-refractivity contribution in [3.63, 3.8) is 0 Å². The Labute approximate surface area is 186 Å². The van der Waals surface area contributed by atoms with Crippen molar-refractivity contribution in [3.8, 4) is 17.2 Å². The maximum atomic E-state index is 13.0. The number of fused-ring (bicyclic) bond motifs is 1. The topological polar surface area (TPSA) is 68.3 Å². The molecule has 0 radical (unpaired) electrons. The molecular weight excluding hydrogens is 420 g/mol. The monoisotopic (exact) mass is 444 g/mol. The van der Waals surface area contributed by atoms with Crippen molar-refractivity contribution in [2.24, 2.45) is 0 Å². The summed E-state index contributed by atoms with van der Waals surface area (Å²) in [7, 11) is 0. The quantitative estimate of drug-likeness (QED) is 0.725. The minimum Gasteiger partial charge on any atom is -0.485 e. The van der Waals surface area contributed by atoms with Gasteiger partial charge >= 0.3 is 0 Å². The van der Waals surface area contributed by atoms with Crippen molar-refractivity contribution < 1.29 is 23.8 Å². The Balaban J connectivity index is 1.32. The van der Waals surface area contributed by atoms with E-state index in [1.807, 2.05) is 18.2 Å². The Morgan fingerprint density at radius 3 is 2.26 bits per heavy atom. The van der Waals surface area contributed by atoms with Gasteiger partial charge in [-0.2, -0.15) is 0 Å². The maximum Gasteiger partial charge on any atom is 0.267 e. The predicted octanol–water partition coefficient (Wildman–Crippen LogP) is 3.01. The lowest BCUT2D eigenvalue weighted by molar-refractivity contribution is -0.152. The third kappa shape index (κ3) is 4.71. The second kappa shape index (κ2) is 8.67. The maximum absolute atomic E-state index is 13.0. The molecule has 31 heavy (non-hydrogen) atoms. The summed E-state index contributed by atoms with van der Waals surface area (Å²) in [6, 6.07) is 14.2. The third-order valence-electron chi connectivity index (χ3n) is 5.36. The van der Waals surface area contributed by atoms with Crippen molar-refractivity contribution in [2.75, 3.05) is 32.8 Å². The number of amides is 2. The van der Waals surface area contributed by atoms with E-state index in [0.29, 0.717) is 48.5 Å². The summed E-state index contributed by atoms with van der Waals surface area (Å²) in [5, 5.41) is 0.605. The van der Waals surface area contributed by atoms with Gasteiger partial charge in [0.25, 0.3) is 11.8 Å². The molecule has 2 heterocycles. The standard InChI is InChI=1S/C23H25ClN2O5/c1-23(2,31-17-9-7-16(24)8-10-17)22(28)26-13-11-25(12-14-26)21(27)20-15-29-18-5-3-4-6-19(18)30-20/h3-10,20H,11-15H2,1-2H3. The zero-order valence-electron chi connectivity index (χ0n) is 17.5. The first-order valence-electron chi connectivity index (χ1n) is 10.2. The van der Waals surface area contributed by atoms with Crippen LogP contribution >= 0.6 is 11.6 Å². The SMILES string of the molecule is CC(C)(Oc1ccc(Cl)cc1)C(=O)N1CCN(C(=O)C2COc3ccccc3O2)CC1. The summed E-state index contributed by atoms with van der Waals surface area (Å²) in [5.74, 6) is 1.54. The van der Waals surface area contributed by atoms with Crippen LogP contribution in [-0.4, -0.2) is 66.1 Å². The number of hydrogen-bond acceptors (Lipinski definition) is 5. The molecule has 2 amide bonds. The summed E-state index contributed by atoms with van der Waals surface area (Å²) < 4.78 is 17.4. The molecule has 2 aliphatic heterocycles. The van der Waals surface area contributed by atoms with Gasteiger partial charge in [-0.05, 0) is 50.2 Å². The molecule has 7 nitrogen and oxygen atoms in total. The fraction of sp³-hybridized carbons (Fsp3) is 0.391. The molecule has 1 fully saturated rings. The summed E-state index contributed by atoms with van der Waals surface area (Å²) in [6.45, 7) is 5.39. The number of carbonyl (C=O) groups is 2. The Hall–Kier alpha value is -2.93. The van der Waals surface area contributed by atoms with Gasteiger partial charge in [-0.3, -0.25) is 9.59 Å². The van der Waals surface area contributed by atoms with Crippen LogP contribution in [0.1, 0.15) is 13.8 Å². The summed E-state index contributed by atoms with van der Waals surface area (Å²) >= 11 is 5.91. The van der Waals surface area contributed by atoms with Crippen molar-refractivity contribution in [2.45, 2.75) is 25.6 Å². The number of benzene rings is 2. The lowest BCUT2D eigenvalue weighted by Crippen LogP contribution is -2.58. The fourth-order valence-electron chi connectivity index (χ4n) is 3.70. The van der Waals surface area contributed by atoms with E-state index in [2.05, 4.69) is 0 Å². The Morgan fingerprint density at radius 1 is 0.968 bits per heavy atom. The highest BCUT2D eigenvalue weighted by atomic mass is 35.5. The molecule has 0 saturated carbocycles. The van der Waals surface area contributed by atoms with Gasteiger partial charge in [0, 0.05) is 31.2 Å². The van der Waals surface area contributed by atoms with Crippen molar-refractivity contribution in [1.29, 1.82) is 0 Å². The van der Waals surface area contributed by atoms with E-state index >= 15 is 0 Å². The lowest BCUT2D eigenvalue weighted by atomic mass is 10.1. The summed E-state index contributed by atoms with van der Waals surface area (Å²) in [6.07, 6.45) is -0.679. The molecule has 0 bridgehead atoms. The van der Waals surface area contributed by atoms with E-state index in [4.69, 9.17) is 25.8 Å². The molecule has 0 aromatic heterocycles. The van der Waals surface area contributed by atoms with Gasteiger partial charge in [0.1, 0.15) is 12.4 Å². The van der Waals surface area contributed by atoms with Gasteiger partial charge in [-0.25, -0.2) is 0 Å².